The summed E-state index contributed by atoms with van der Waals surface area (Å²) in [4.78, 5) is -0.0184. The van der Waals surface area contributed by atoms with Crippen LogP contribution in [0.3, 0.4) is 0 Å². The molecule has 0 saturated carbocycles. The Morgan fingerprint density at radius 1 is 1.44 bits per heavy atom. The lowest BCUT2D eigenvalue weighted by atomic mass is 10.1. The fourth-order valence-electron chi connectivity index (χ4n) is 1.54. The second-order valence-corrected chi connectivity index (χ2v) is 5.03. The van der Waals surface area contributed by atoms with Gasteiger partial charge in [0.15, 0.2) is 0 Å². The molecule has 1 N–H and O–H groups in total. The molecule has 0 aromatic heterocycles. The molecular weight excluding hydrogens is 224 g/mol. The van der Waals surface area contributed by atoms with Gasteiger partial charge in [-0.1, -0.05) is 17.7 Å². The maximum Gasteiger partial charge on any atom is 0.294 e. The molecule has 0 atom stereocenters. The van der Waals surface area contributed by atoms with Crippen molar-refractivity contribution in [2.75, 3.05) is 0 Å². The van der Waals surface area contributed by atoms with Gasteiger partial charge in [-0.25, -0.2) is 0 Å². The molecule has 0 heterocycles. The molecule has 1 aromatic carbocycles. The lowest BCUT2D eigenvalue weighted by Crippen LogP contribution is -2.03. The second kappa shape index (κ2) is 5.15. The molecule has 0 radical (unpaired) electrons. The van der Waals surface area contributed by atoms with Gasteiger partial charge in [-0.05, 0) is 31.4 Å². The minimum Gasteiger partial charge on any atom is -0.282 e. The Labute approximate surface area is 96.2 Å². The highest BCUT2D eigenvalue weighted by Gasteiger charge is 2.14. The molecule has 0 fully saturated rings. The van der Waals surface area contributed by atoms with Gasteiger partial charge in [0.05, 0.1) is 4.90 Å². The van der Waals surface area contributed by atoms with E-state index in [0.717, 1.165) is 5.56 Å². The highest BCUT2D eigenvalue weighted by Crippen LogP contribution is 2.19. The van der Waals surface area contributed by atoms with E-state index in [1.54, 1.807) is 12.1 Å². The van der Waals surface area contributed by atoms with E-state index in [4.69, 9.17) is 11.0 Å². The molecule has 0 amide bonds. The second-order valence-electron chi connectivity index (χ2n) is 3.64. The largest absolute Gasteiger partial charge is 0.294 e. The van der Waals surface area contributed by atoms with E-state index in [1.165, 1.54) is 6.07 Å². The summed E-state index contributed by atoms with van der Waals surface area (Å²) in [6.45, 7) is 1.87. The van der Waals surface area contributed by atoms with Crippen LogP contribution in [0.15, 0.2) is 23.1 Å². The number of unbranched alkanes of at least 4 members (excludes halogenated alkanes) is 1. The molecular formula is C12H14O3S. The number of benzene rings is 1. The Morgan fingerprint density at radius 3 is 2.69 bits per heavy atom. The molecule has 0 saturated heterocycles. The van der Waals surface area contributed by atoms with Gasteiger partial charge in [-0.3, -0.25) is 4.55 Å². The molecule has 1 rings (SSSR count). The Hall–Kier alpha value is -1.31. The molecule has 3 nitrogen and oxygen atoms in total. The Balaban J connectivity index is 3.05. The summed E-state index contributed by atoms with van der Waals surface area (Å²) in [6, 6.07) is 4.85. The van der Waals surface area contributed by atoms with Crippen LogP contribution >= 0.6 is 0 Å². The van der Waals surface area contributed by atoms with E-state index >= 15 is 0 Å². The quantitative estimate of drug-likeness (QED) is 0.497. The van der Waals surface area contributed by atoms with Crippen LogP contribution in [0.4, 0.5) is 0 Å². The smallest absolute Gasteiger partial charge is 0.282 e. The fourth-order valence-corrected chi connectivity index (χ4v) is 2.27. The summed E-state index contributed by atoms with van der Waals surface area (Å²) in [5.41, 5.74) is 1.58. The molecule has 0 unspecified atom stereocenters. The maximum absolute atomic E-state index is 11.1. The number of terminal acetylenes is 1. The topological polar surface area (TPSA) is 54.4 Å². The van der Waals surface area contributed by atoms with Gasteiger partial charge in [0.2, 0.25) is 0 Å². The predicted molar refractivity (Wildman–Crippen MR) is 62.8 cm³/mol. The standard InChI is InChI=1S/C12H14O3S/c1-3-4-5-6-11-9-10(2)7-8-12(11)16(13,14)15/h1,7-9H,4-6H2,2H3,(H,13,14,15). The van der Waals surface area contributed by atoms with Gasteiger partial charge in [0.25, 0.3) is 10.1 Å². The highest BCUT2D eigenvalue weighted by molar-refractivity contribution is 7.85. The fraction of sp³-hybridized carbons (Fsp3) is 0.333. The van der Waals surface area contributed by atoms with E-state index < -0.39 is 10.1 Å². The van der Waals surface area contributed by atoms with E-state index in [9.17, 15) is 8.42 Å². The zero-order valence-electron chi connectivity index (χ0n) is 9.10. The van der Waals surface area contributed by atoms with Crippen molar-refractivity contribution in [2.45, 2.75) is 31.1 Å². The lowest BCUT2D eigenvalue weighted by molar-refractivity contribution is 0.482. The van der Waals surface area contributed by atoms with Crippen molar-refractivity contribution in [3.63, 3.8) is 0 Å². The van der Waals surface area contributed by atoms with E-state index in [1.807, 2.05) is 6.92 Å². The third-order valence-electron chi connectivity index (χ3n) is 2.26. The first-order valence-electron chi connectivity index (χ1n) is 4.95. The summed E-state index contributed by atoms with van der Waals surface area (Å²) in [5, 5.41) is 0. The number of hydrogen-bond acceptors (Lipinski definition) is 2. The number of aryl methyl sites for hydroxylation is 2. The van der Waals surface area contributed by atoms with Crippen molar-refractivity contribution < 1.29 is 13.0 Å². The molecule has 0 aliphatic carbocycles. The molecule has 1 aromatic rings. The highest BCUT2D eigenvalue weighted by atomic mass is 32.2. The third-order valence-corrected chi connectivity index (χ3v) is 3.22. The van der Waals surface area contributed by atoms with Crippen LogP contribution in [0.1, 0.15) is 24.0 Å². The summed E-state index contributed by atoms with van der Waals surface area (Å²) in [7, 11) is -4.14. The van der Waals surface area contributed by atoms with Gasteiger partial charge >= 0.3 is 0 Å². The average molecular weight is 238 g/mol. The molecule has 0 bridgehead atoms. The van der Waals surface area contributed by atoms with E-state index in [-0.39, 0.29) is 4.90 Å². The van der Waals surface area contributed by atoms with Crippen LogP contribution in [0.5, 0.6) is 0 Å². The average Bonchev–Trinajstić information content (AvgIpc) is 2.16. The van der Waals surface area contributed by atoms with Crippen molar-refractivity contribution in [1.29, 1.82) is 0 Å². The van der Waals surface area contributed by atoms with Gasteiger partial charge < -0.3 is 0 Å². The summed E-state index contributed by atoms with van der Waals surface area (Å²) < 4.78 is 31.3. The lowest BCUT2D eigenvalue weighted by Gasteiger charge is -2.07. The van der Waals surface area contributed by atoms with Crippen LogP contribution in [0, 0.1) is 19.3 Å². The molecule has 0 aliphatic rings. The summed E-state index contributed by atoms with van der Waals surface area (Å²) in [5.74, 6) is 2.50. The predicted octanol–water partition coefficient (Wildman–Crippen LogP) is 2.20. The van der Waals surface area contributed by atoms with Gasteiger partial charge in [-0.2, -0.15) is 8.42 Å². The number of hydrogen-bond donors (Lipinski definition) is 1. The molecule has 0 aliphatic heterocycles. The first kappa shape index (κ1) is 12.8. The third kappa shape index (κ3) is 3.37. The molecule has 86 valence electrons. The first-order valence-corrected chi connectivity index (χ1v) is 6.39. The van der Waals surface area contributed by atoms with Crippen LogP contribution in [0.25, 0.3) is 0 Å². The number of rotatable bonds is 4. The van der Waals surface area contributed by atoms with E-state index in [2.05, 4.69) is 5.92 Å². The van der Waals surface area contributed by atoms with Crippen molar-refractivity contribution in [3.8, 4) is 12.3 Å². The van der Waals surface area contributed by atoms with Crippen LogP contribution < -0.4 is 0 Å². The molecule has 0 spiro atoms. The SMILES string of the molecule is C#CCCCc1cc(C)ccc1S(=O)(=O)O. The molecule has 4 heteroatoms. The zero-order valence-corrected chi connectivity index (χ0v) is 9.92. The van der Waals surface area contributed by atoms with Crippen LogP contribution in [-0.4, -0.2) is 13.0 Å². The van der Waals surface area contributed by atoms with Gasteiger partial charge in [-0.15, -0.1) is 12.3 Å². The Kier molecular flexibility index (Phi) is 4.11. The Morgan fingerprint density at radius 2 is 2.12 bits per heavy atom. The van der Waals surface area contributed by atoms with Crippen molar-refractivity contribution in [3.05, 3.63) is 29.3 Å². The van der Waals surface area contributed by atoms with Gasteiger partial charge in [0.1, 0.15) is 0 Å². The normalized spacial score (nSPS) is 11.1. The zero-order chi connectivity index (χ0) is 12.2. The minimum absolute atomic E-state index is 0.0184. The van der Waals surface area contributed by atoms with E-state index in [0.29, 0.717) is 24.8 Å². The summed E-state index contributed by atoms with van der Waals surface area (Å²) in [6.07, 6.45) is 6.99. The van der Waals surface area contributed by atoms with Crippen LogP contribution in [-0.2, 0) is 16.5 Å². The monoisotopic (exact) mass is 238 g/mol. The Bertz CT molecular complexity index is 510. The maximum atomic E-state index is 11.1. The van der Waals surface area contributed by atoms with Crippen molar-refractivity contribution in [1.82, 2.24) is 0 Å². The van der Waals surface area contributed by atoms with Gasteiger partial charge in [0, 0.05) is 6.42 Å². The van der Waals surface area contributed by atoms with Crippen molar-refractivity contribution >= 4 is 10.1 Å². The minimum atomic E-state index is -4.14. The van der Waals surface area contributed by atoms with Crippen LogP contribution in [0.2, 0.25) is 0 Å². The van der Waals surface area contributed by atoms with Crippen molar-refractivity contribution in [2.24, 2.45) is 0 Å². The molecule has 16 heavy (non-hydrogen) atoms. The first-order chi connectivity index (χ1) is 7.45. The summed E-state index contributed by atoms with van der Waals surface area (Å²) >= 11 is 0.